The number of nitrogens with one attached hydrogen (secondary N) is 1. The summed E-state index contributed by atoms with van der Waals surface area (Å²) in [4.78, 5) is 17.9. The van der Waals surface area contributed by atoms with Crippen molar-refractivity contribution in [2.75, 3.05) is 5.32 Å². The van der Waals surface area contributed by atoms with Crippen LogP contribution in [0.3, 0.4) is 0 Å². The summed E-state index contributed by atoms with van der Waals surface area (Å²) in [7, 11) is 0. The molecule has 2 heterocycles. The second-order valence-corrected chi connectivity index (χ2v) is 6.61. The molecule has 0 aromatic carbocycles. The van der Waals surface area contributed by atoms with Crippen LogP contribution in [-0.4, -0.2) is 9.55 Å². The van der Waals surface area contributed by atoms with Gasteiger partial charge in [-0.15, -0.1) is 11.3 Å². The van der Waals surface area contributed by atoms with Crippen molar-refractivity contribution in [1.82, 2.24) is 9.55 Å². The molecule has 4 nitrogen and oxygen atoms in total. The molecule has 5 heteroatoms. The van der Waals surface area contributed by atoms with Crippen molar-refractivity contribution in [2.45, 2.75) is 46.2 Å². The van der Waals surface area contributed by atoms with Crippen LogP contribution in [0.4, 0.5) is 5.82 Å². The molecule has 1 unspecified atom stereocenters. The highest BCUT2D eigenvalue weighted by Crippen LogP contribution is 2.25. The molecule has 2 rings (SSSR count). The van der Waals surface area contributed by atoms with Crippen molar-refractivity contribution in [3.8, 4) is 0 Å². The Balaban J connectivity index is 2.23. The molecular weight excluding hydrogens is 282 g/mol. The lowest BCUT2D eigenvalue weighted by Gasteiger charge is -2.18. The van der Waals surface area contributed by atoms with Gasteiger partial charge in [-0.2, -0.15) is 0 Å². The zero-order valence-corrected chi connectivity index (χ0v) is 13.7. The second-order valence-electron chi connectivity index (χ2n) is 5.63. The average Bonchev–Trinajstić information content (AvgIpc) is 2.96. The minimum Gasteiger partial charge on any atom is -0.358 e. The van der Waals surface area contributed by atoms with E-state index >= 15 is 0 Å². The van der Waals surface area contributed by atoms with Crippen LogP contribution in [-0.2, 0) is 6.54 Å². The van der Waals surface area contributed by atoms with Gasteiger partial charge in [0.2, 0.25) is 0 Å². The van der Waals surface area contributed by atoms with Gasteiger partial charge in [-0.3, -0.25) is 4.79 Å². The second kappa shape index (κ2) is 7.41. The van der Waals surface area contributed by atoms with Crippen LogP contribution in [0.1, 0.15) is 44.5 Å². The summed E-state index contributed by atoms with van der Waals surface area (Å²) in [6.07, 6.45) is 5.50. The number of rotatable bonds is 7. The molecule has 0 fully saturated rings. The van der Waals surface area contributed by atoms with Crippen LogP contribution in [0.25, 0.3) is 0 Å². The van der Waals surface area contributed by atoms with Crippen LogP contribution in [0.2, 0.25) is 0 Å². The van der Waals surface area contributed by atoms with Gasteiger partial charge >= 0.3 is 0 Å². The maximum atomic E-state index is 12.5. The first kappa shape index (κ1) is 15.8. The fraction of sp³-hybridized carbons (Fsp3) is 0.500. The Morgan fingerprint density at radius 1 is 1.43 bits per heavy atom. The first-order chi connectivity index (χ1) is 10.1. The molecule has 0 aliphatic carbocycles. The van der Waals surface area contributed by atoms with Crippen LogP contribution < -0.4 is 10.9 Å². The van der Waals surface area contributed by atoms with E-state index in [1.54, 1.807) is 28.3 Å². The molecule has 1 N–H and O–H groups in total. The third-order valence-electron chi connectivity index (χ3n) is 3.25. The van der Waals surface area contributed by atoms with Crippen LogP contribution in [0, 0.1) is 5.92 Å². The lowest BCUT2D eigenvalue weighted by atomic mass is 10.1. The summed E-state index contributed by atoms with van der Waals surface area (Å²) >= 11 is 1.71. The summed E-state index contributed by atoms with van der Waals surface area (Å²) < 4.78 is 1.73. The number of thiophene rings is 1. The molecule has 0 bridgehead atoms. The number of hydrogen-bond donors (Lipinski definition) is 1. The zero-order valence-electron chi connectivity index (χ0n) is 12.9. The topological polar surface area (TPSA) is 46.9 Å². The van der Waals surface area contributed by atoms with Crippen molar-refractivity contribution in [3.05, 3.63) is 45.1 Å². The zero-order chi connectivity index (χ0) is 15.2. The van der Waals surface area contributed by atoms with E-state index in [0.29, 0.717) is 18.3 Å². The molecule has 0 amide bonds. The van der Waals surface area contributed by atoms with Crippen LogP contribution >= 0.6 is 11.3 Å². The highest BCUT2D eigenvalue weighted by molar-refractivity contribution is 7.10. The molecule has 0 spiro atoms. The first-order valence-electron chi connectivity index (χ1n) is 7.47. The number of hydrogen-bond acceptors (Lipinski definition) is 4. The Labute approximate surface area is 129 Å². The van der Waals surface area contributed by atoms with Crippen molar-refractivity contribution >= 4 is 17.2 Å². The molecular formula is C16H23N3OS. The lowest BCUT2D eigenvalue weighted by molar-refractivity contribution is 0.509. The summed E-state index contributed by atoms with van der Waals surface area (Å²) in [5.74, 6) is 0.881. The lowest BCUT2D eigenvalue weighted by Crippen LogP contribution is -2.27. The molecule has 2 aromatic heterocycles. The molecule has 1 atom stereocenters. The Morgan fingerprint density at radius 3 is 2.86 bits per heavy atom. The molecule has 0 radical (unpaired) electrons. The molecule has 114 valence electrons. The molecule has 0 aliphatic heterocycles. The normalized spacial score (nSPS) is 12.6. The van der Waals surface area contributed by atoms with E-state index < -0.39 is 0 Å². The SMILES string of the molecule is CCCC(Nc1nccn(CC(C)C)c1=O)c1cccs1. The fourth-order valence-electron chi connectivity index (χ4n) is 2.31. The van der Waals surface area contributed by atoms with E-state index in [2.05, 4.69) is 42.5 Å². The summed E-state index contributed by atoms with van der Waals surface area (Å²) in [6.45, 7) is 7.07. The third kappa shape index (κ3) is 4.17. The van der Waals surface area contributed by atoms with Gasteiger partial charge in [0, 0.05) is 23.8 Å². The van der Waals surface area contributed by atoms with Gasteiger partial charge in [0.05, 0.1) is 6.04 Å². The van der Waals surface area contributed by atoms with Crippen molar-refractivity contribution < 1.29 is 0 Å². The molecule has 0 aliphatic rings. The minimum atomic E-state index is -0.0381. The van der Waals surface area contributed by atoms with Crippen LogP contribution in [0.5, 0.6) is 0 Å². The molecule has 0 saturated carbocycles. The van der Waals surface area contributed by atoms with Crippen LogP contribution in [0.15, 0.2) is 34.7 Å². The maximum Gasteiger partial charge on any atom is 0.293 e. The highest BCUT2D eigenvalue weighted by atomic mass is 32.1. The summed E-state index contributed by atoms with van der Waals surface area (Å²) in [6, 6.07) is 4.30. The Hall–Kier alpha value is -1.62. The Morgan fingerprint density at radius 2 is 2.24 bits per heavy atom. The van der Waals surface area contributed by atoms with Gasteiger partial charge in [0.1, 0.15) is 0 Å². The molecule has 21 heavy (non-hydrogen) atoms. The van der Waals surface area contributed by atoms with Crippen molar-refractivity contribution in [2.24, 2.45) is 5.92 Å². The molecule has 2 aromatic rings. The summed E-state index contributed by atoms with van der Waals surface area (Å²) in [5, 5.41) is 5.39. The first-order valence-corrected chi connectivity index (χ1v) is 8.35. The van der Waals surface area contributed by atoms with Gasteiger partial charge < -0.3 is 9.88 Å². The minimum absolute atomic E-state index is 0.0381. The van der Waals surface area contributed by atoms with E-state index in [1.165, 1.54) is 4.88 Å². The fourth-order valence-corrected chi connectivity index (χ4v) is 3.12. The average molecular weight is 305 g/mol. The van der Waals surface area contributed by atoms with E-state index in [1.807, 2.05) is 6.07 Å². The van der Waals surface area contributed by atoms with Gasteiger partial charge in [0.15, 0.2) is 5.82 Å². The van der Waals surface area contributed by atoms with E-state index in [9.17, 15) is 4.79 Å². The molecule has 0 saturated heterocycles. The predicted octanol–water partition coefficient (Wildman–Crippen LogP) is 3.91. The predicted molar refractivity (Wildman–Crippen MR) is 88.9 cm³/mol. The van der Waals surface area contributed by atoms with Gasteiger partial charge in [-0.25, -0.2) is 4.98 Å². The van der Waals surface area contributed by atoms with Crippen molar-refractivity contribution in [1.29, 1.82) is 0 Å². The smallest absolute Gasteiger partial charge is 0.293 e. The quantitative estimate of drug-likeness (QED) is 0.843. The number of aromatic nitrogens is 2. The number of anilines is 1. The van der Waals surface area contributed by atoms with Crippen molar-refractivity contribution in [3.63, 3.8) is 0 Å². The summed E-state index contributed by atoms with van der Waals surface area (Å²) in [5.41, 5.74) is -0.0381. The number of nitrogens with zero attached hydrogens (tertiary/aromatic N) is 2. The standard InChI is InChI=1S/C16H23N3OS/c1-4-6-13(14-7-5-10-21-14)18-15-16(20)19(9-8-17-15)11-12(2)3/h5,7-10,12-13H,4,6,11H2,1-3H3,(H,17,18). The van der Waals surface area contributed by atoms with E-state index in [0.717, 1.165) is 12.8 Å². The Kier molecular flexibility index (Phi) is 5.56. The van der Waals surface area contributed by atoms with Gasteiger partial charge in [0.25, 0.3) is 5.56 Å². The highest BCUT2D eigenvalue weighted by Gasteiger charge is 2.15. The van der Waals surface area contributed by atoms with Gasteiger partial charge in [-0.05, 0) is 23.8 Å². The van der Waals surface area contributed by atoms with E-state index in [4.69, 9.17) is 0 Å². The van der Waals surface area contributed by atoms with Gasteiger partial charge in [-0.1, -0.05) is 33.3 Å². The van der Waals surface area contributed by atoms with E-state index in [-0.39, 0.29) is 11.6 Å². The largest absolute Gasteiger partial charge is 0.358 e. The monoisotopic (exact) mass is 305 g/mol. The maximum absolute atomic E-state index is 12.5. The third-order valence-corrected chi connectivity index (χ3v) is 4.24. The Bertz CT molecular complexity index is 604.